The third-order valence-electron chi connectivity index (χ3n) is 1.99. The van der Waals surface area contributed by atoms with E-state index in [1.807, 2.05) is 0 Å². The van der Waals surface area contributed by atoms with Crippen LogP contribution in [0.25, 0.3) is 0 Å². The van der Waals surface area contributed by atoms with E-state index in [-0.39, 0.29) is 11.5 Å². The second kappa shape index (κ2) is 3.85. The van der Waals surface area contributed by atoms with E-state index >= 15 is 0 Å². The van der Waals surface area contributed by atoms with Gasteiger partial charge in [0.25, 0.3) is 0 Å². The molecule has 1 saturated heterocycles. The van der Waals surface area contributed by atoms with Gasteiger partial charge in [0, 0.05) is 0 Å². The Balaban J connectivity index is 2.68. The average Bonchev–Trinajstić information content (AvgIpc) is 2.14. The van der Waals surface area contributed by atoms with Crippen molar-refractivity contribution >= 4 is 16.1 Å². The topological polar surface area (TPSA) is 51.2 Å². The molecule has 0 aliphatic carbocycles. The van der Waals surface area contributed by atoms with Crippen LogP contribution in [-0.4, -0.2) is 26.2 Å². The zero-order valence-corrected chi connectivity index (χ0v) is 7.64. The minimum atomic E-state index is -2.83. The van der Waals surface area contributed by atoms with Gasteiger partial charge in [0.15, 0.2) is 9.84 Å². The van der Waals surface area contributed by atoms with Crippen LogP contribution in [0.1, 0.15) is 19.3 Å². The predicted octanol–water partition coefficient (Wildman–Crippen LogP) is 0.710. The summed E-state index contributed by atoms with van der Waals surface area (Å²) in [5, 5.41) is 0. The molecule has 1 heterocycles. The van der Waals surface area contributed by atoms with E-state index in [0.29, 0.717) is 12.8 Å². The fourth-order valence-electron chi connectivity index (χ4n) is 1.30. The molecule has 68 valence electrons. The van der Waals surface area contributed by atoms with Crippen molar-refractivity contribution in [2.45, 2.75) is 19.3 Å². The van der Waals surface area contributed by atoms with E-state index in [4.69, 9.17) is 0 Å². The van der Waals surface area contributed by atoms with Crippen LogP contribution >= 0.6 is 0 Å². The Morgan fingerprint density at radius 3 is 2.58 bits per heavy atom. The molecule has 12 heavy (non-hydrogen) atoms. The highest BCUT2D eigenvalue weighted by molar-refractivity contribution is 7.91. The van der Waals surface area contributed by atoms with Gasteiger partial charge < -0.3 is 0 Å². The maximum absolute atomic E-state index is 11.1. The van der Waals surface area contributed by atoms with Crippen LogP contribution < -0.4 is 0 Å². The molecule has 1 aliphatic rings. The predicted molar refractivity (Wildman–Crippen MR) is 46.7 cm³/mol. The third-order valence-corrected chi connectivity index (χ3v) is 3.73. The number of hydrogen-bond acceptors (Lipinski definition) is 3. The van der Waals surface area contributed by atoms with Crippen LogP contribution in [0.4, 0.5) is 0 Å². The van der Waals surface area contributed by atoms with Crippen molar-refractivity contribution in [1.29, 1.82) is 0 Å². The van der Waals surface area contributed by atoms with E-state index in [9.17, 15) is 13.2 Å². The largest absolute Gasteiger partial charge is 0.299 e. The molecule has 0 spiro atoms. The van der Waals surface area contributed by atoms with Crippen LogP contribution in [-0.2, 0) is 14.6 Å². The lowest BCUT2D eigenvalue weighted by atomic mass is 10.1. The quantitative estimate of drug-likeness (QED) is 0.450. The first-order chi connectivity index (χ1) is 5.64. The van der Waals surface area contributed by atoms with Gasteiger partial charge in [-0.1, -0.05) is 5.57 Å². The first kappa shape index (κ1) is 9.45. The van der Waals surface area contributed by atoms with Gasteiger partial charge in [-0.15, -0.1) is 0 Å². The third kappa shape index (κ3) is 2.77. The van der Waals surface area contributed by atoms with Crippen molar-refractivity contribution in [2.24, 2.45) is 0 Å². The maximum Gasteiger partial charge on any atom is 0.150 e. The Bertz CT molecular complexity index is 287. The number of carbonyl (C=O) groups is 1. The molecule has 0 amide bonds. The lowest BCUT2D eigenvalue weighted by Crippen LogP contribution is -2.07. The summed E-state index contributed by atoms with van der Waals surface area (Å²) >= 11 is 0. The van der Waals surface area contributed by atoms with Gasteiger partial charge in [-0.2, -0.15) is 0 Å². The van der Waals surface area contributed by atoms with E-state index in [2.05, 4.69) is 0 Å². The SMILES string of the molecule is O=C/C=C1\CCCS(=O)(=O)CC1. The maximum atomic E-state index is 11.1. The van der Waals surface area contributed by atoms with E-state index in [1.165, 1.54) is 6.08 Å². The first-order valence-corrected chi connectivity index (χ1v) is 5.80. The summed E-state index contributed by atoms with van der Waals surface area (Å²) < 4.78 is 22.2. The van der Waals surface area contributed by atoms with E-state index in [0.717, 1.165) is 18.3 Å². The van der Waals surface area contributed by atoms with Gasteiger partial charge >= 0.3 is 0 Å². The van der Waals surface area contributed by atoms with Crippen LogP contribution in [0.5, 0.6) is 0 Å². The Hall–Kier alpha value is -0.640. The molecule has 0 N–H and O–H groups in total. The normalized spacial score (nSPS) is 26.5. The number of sulfone groups is 1. The minimum absolute atomic E-state index is 0.201. The molecular weight excluding hydrogens is 176 g/mol. The lowest BCUT2D eigenvalue weighted by Gasteiger charge is -1.96. The van der Waals surface area contributed by atoms with Crippen LogP contribution in [0, 0.1) is 0 Å². The summed E-state index contributed by atoms with van der Waals surface area (Å²) in [6.07, 6.45) is 4.15. The molecular formula is C8H12O3S. The summed E-state index contributed by atoms with van der Waals surface area (Å²) in [5.74, 6) is 0.468. The molecule has 1 rings (SSSR count). The Kier molecular flexibility index (Phi) is 3.03. The van der Waals surface area contributed by atoms with Crippen molar-refractivity contribution in [3.63, 3.8) is 0 Å². The zero-order chi connectivity index (χ0) is 9.03. The number of aldehydes is 1. The highest BCUT2D eigenvalue weighted by atomic mass is 32.2. The molecule has 0 atom stereocenters. The van der Waals surface area contributed by atoms with E-state index < -0.39 is 9.84 Å². The number of rotatable bonds is 1. The summed E-state index contributed by atoms with van der Waals surface area (Å²) in [6, 6.07) is 0. The molecule has 0 bridgehead atoms. The molecule has 0 unspecified atom stereocenters. The molecule has 1 fully saturated rings. The van der Waals surface area contributed by atoms with Gasteiger partial charge in [-0.05, 0) is 25.3 Å². The Morgan fingerprint density at radius 1 is 1.17 bits per heavy atom. The standard InChI is InChI=1S/C8H12O3S/c9-5-3-8-2-1-6-12(10,11)7-4-8/h3,5H,1-2,4,6-7H2/b8-3+. The monoisotopic (exact) mass is 188 g/mol. The van der Waals surface area contributed by atoms with Crippen LogP contribution in [0.2, 0.25) is 0 Å². The Labute approximate surface area is 72.4 Å². The number of carbonyl (C=O) groups excluding carboxylic acids is 1. The van der Waals surface area contributed by atoms with Crippen LogP contribution in [0.3, 0.4) is 0 Å². The number of hydrogen-bond donors (Lipinski definition) is 0. The highest BCUT2D eigenvalue weighted by Crippen LogP contribution is 2.16. The first-order valence-electron chi connectivity index (χ1n) is 3.98. The molecule has 0 aromatic carbocycles. The molecule has 0 aromatic rings. The van der Waals surface area contributed by atoms with Gasteiger partial charge in [0.05, 0.1) is 11.5 Å². The van der Waals surface area contributed by atoms with Gasteiger partial charge in [-0.3, -0.25) is 4.79 Å². The summed E-state index contributed by atoms with van der Waals surface area (Å²) in [6.45, 7) is 0. The van der Waals surface area contributed by atoms with Crippen molar-refractivity contribution in [3.8, 4) is 0 Å². The second-order valence-electron chi connectivity index (χ2n) is 2.97. The highest BCUT2D eigenvalue weighted by Gasteiger charge is 2.15. The summed E-state index contributed by atoms with van der Waals surface area (Å²) in [5.41, 5.74) is 0.964. The molecule has 0 radical (unpaired) electrons. The van der Waals surface area contributed by atoms with Crippen molar-refractivity contribution < 1.29 is 13.2 Å². The molecule has 1 aliphatic heterocycles. The van der Waals surface area contributed by atoms with Crippen molar-refractivity contribution in [1.82, 2.24) is 0 Å². The van der Waals surface area contributed by atoms with Gasteiger partial charge in [0.2, 0.25) is 0 Å². The minimum Gasteiger partial charge on any atom is -0.299 e. The van der Waals surface area contributed by atoms with Gasteiger partial charge in [-0.25, -0.2) is 8.42 Å². The Morgan fingerprint density at radius 2 is 1.92 bits per heavy atom. The fraction of sp³-hybridized carbons (Fsp3) is 0.625. The molecule has 0 aromatic heterocycles. The van der Waals surface area contributed by atoms with Crippen molar-refractivity contribution in [2.75, 3.05) is 11.5 Å². The average molecular weight is 188 g/mol. The number of allylic oxidation sites excluding steroid dienone is 2. The molecule has 0 saturated carbocycles. The van der Waals surface area contributed by atoms with Crippen LogP contribution in [0.15, 0.2) is 11.6 Å². The van der Waals surface area contributed by atoms with Crippen molar-refractivity contribution in [3.05, 3.63) is 11.6 Å². The van der Waals surface area contributed by atoms with Gasteiger partial charge in [0.1, 0.15) is 6.29 Å². The summed E-state index contributed by atoms with van der Waals surface area (Å²) in [4.78, 5) is 10.1. The van der Waals surface area contributed by atoms with E-state index in [1.54, 1.807) is 0 Å². The lowest BCUT2D eigenvalue weighted by molar-refractivity contribution is -0.104. The second-order valence-corrected chi connectivity index (χ2v) is 5.27. The molecule has 4 heteroatoms. The smallest absolute Gasteiger partial charge is 0.150 e. The zero-order valence-electron chi connectivity index (χ0n) is 6.82. The fourth-order valence-corrected chi connectivity index (χ4v) is 2.66. The molecule has 3 nitrogen and oxygen atoms in total. The summed E-state index contributed by atoms with van der Waals surface area (Å²) in [7, 11) is -2.83.